The Hall–Kier alpha value is -4.20. The van der Waals surface area contributed by atoms with E-state index in [1.54, 1.807) is 48.5 Å². The maximum absolute atomic E-state index is 11.7. The molecule has 2 aliphatic heterocycles. The van der Waals surface area contributed by atoms with Crippen molar-refractivity contribution in [2.75, 3.05) is 16.4 Å². The number of ether oxygens (including phenoxy) is 2. The van der Waals surface area contributed by atoms with E-state index in [0.29, 0.717) is 29.5 Å². The molecule has 0 radical (unpaired) electrons. The van der Waals surface area contributed by atoms with Gasteiger partial charge in [0.05, 0.1) is 24.1 Å². The van der Waals surface area contributed by atoms with Crippen molar-refractivity contribution in [3.8, 4) is 11.5 Å². The standard InChI is InChI=1S/C25H22N2O6/c1-17(33-21-10-6-19(7-11-21)27-24(30)14-15-25(27)31)3-2-16-32-20-8-4-18(5-9-20)26-22(28)12-13-23(26)29/h4-15,17H,2-3,16H2,1H3. The number of carbonyl (C=O) groups is 4. The molecule has 1 unspecified atom stereocenters. The van der Waals surface area contributed by atoms with Crippen LogP contribution >= 0.6 is 0 Å². The summed E-state index contributed by atoms with van der Waals surface area (Å²) in [5, 5.41) is 0. The Labute approximate surface area is 190 Å². The van der Waals surface area contributed by atoms with Gasteiger partial charge < -0.3 is 9.47 Å². The van der Waals surface area contributed by atoms with E-state index in [0.717, 1.165) is 22.6 Å². The van der Waals surface area contributed by atoms with Crippen molar-refractivity contribution in [3.63, 3.8) is 0 Å². The molecule has 2 aromatic rings. The van der Waals surface area contributed by atoms with Crippen molar-refractivity contribution in [2.24, 2.45) is 0 Å². The second kappa shape index (κ2) is 9.52. The van der Waals surface area contributed by atoms with E-state index >= 15 is 0 Å². The molecule has 0 aromatic heterocycles. The van der Waals surface area contributed by atoms with Crippen LogP contribution in [-0.2, 0) is 19.2 Å². The smallest absolute Gasteiger partial charge is 0.258 e. The second-order valence-corrected chi connectivity index (χ2v) is 7.60. The maximum Gasteiger partial charge on any atom is 0.258 e. The minimum Gasteiger partial charge on any atom is -0.494 e. The van der Waals surface area contributed by atoms with Crippen LogP contribution in [-0.4, -0.2) is 36.3 Å². The monoisotopic (exact) mass is 446 g/mol. The first-order valence-electron chi connectivity index (χ1n) is 10.5. The van der Waals surface area contributed by atoms with Crippen LogP contribution in [0.15, 0.2) is 72.8 Å². The molecule has 0 saturated heterocycles. The van der Waals surface area contributed by atoms with E-state index in [1.807, 2.05) is 6.92 Å². The van der Waals surface area contributed by atoms with Crippen LogP contribution in [0.1, 0.15) is 19.8 Å². The third-order valence-electron chi connectivity index (χ3n) is 5.17. The molecule has 1 atom stereocenters. The normalized spacial score (nSPS) is 16.2. The van der Waals surface area contributed by atoms with Gasteiger partial charge in [-0.15, -0.1) is 0 Å². The summed E-state index contributed by atoms with van der Waals surface area (Å²) in [4.78, 5) is 49.1. The van der Waals surface area contributed by atoms with E-state index in [4.69, 9.17) is 9.47 Å². The van der Waals surface area contributed by atoms with Gasteiger partial charge in [-0.3, -0.25) is 19.2 Å². The first-order valence-corrected chi connectivity index (χ1v) is 10.5. The third-order valence-corrected chi connectivity index (χ3v) is 5.17. The van der Waals surface area contributed by atoms with Crippen molar-refractivity contribution in [1.29, 1.82) is 0 Å². The molecular formula is C25H22N2O6. The van der Waals surface area contributed by atoms with Crippen LogP contribution in [0.4, 0.5) is 11.4 Å². The molecule has 0 N–H and O–H groups in total. The Morgan fingerprint density at radius 3 is 1.55 bits per heavy atom. The lowest BCUT2D eigenvalue weighted by atomic mass is 10.2. The molecule has 4 amide bonds. The van der Waals surface area contributed by atoms with Gasteiger partial charge in [0, 0.05) is 24.3 Å². The Balaban J connectivity index is 1.20. The van der Waals surface area contributed by atoms with E-state index in [-0.39, 0.29) is 29.7 Å². The predicted molar refractivity (Wildman–Crippen MR) is 121 cm³/mol. The Morgan fingerprint density at radius 1 is 0.667 bits per heavy atom. The van der Waals surface area contributed by atoms with Crippen LogP contribution in [0.3, 0.4) is 0 Å². The summed E-state index contributed by atoms with van der Waals surface area (Å²) < 4.78 is 11.6. The first-order chi connectivity index (χ1) is 15.9. The molecule has 0 saturated carbocycles. The number of amides is 4. The van der Waals surface area contributed by atoms with Crippen molar-refractivity contribution >= 4 is 35.0 Å². The summed E-state index contributed by atoms with van der Waals surface area (Å²) in [5.74, 6) is -0.121. The number of benzene rings is 2. The number of carbonyl (C=O) groups excluding carboxylic acids is 4. The van der Waals surface area contributed by atoms with Crippen LogP contribution < -0.4 is 19.3 Å². The van der Waals surface area contributed by atoms with Crippen molar-refractivity contribution < 1.29 is 28.7 Å². The minimum atomic E-state index is -0.355. The molecule has 4 rings (SSSR count). The van der Waals surface area contributed by atoms with Gasteiger partial charge in [-0.05, 0) is 68.3 Å². The molecule has 0 spiro atoms. The summed E-state index contributed by atoms with van der Waals surface area (Å²) in [7, 11) is 0. The van der Waals surface area contributed by atoms with E-state index < -0.39 is 0 Å². The van der Waals surface area contributed by atoms with Gasteiger partial charge in [-0.25, -0.2) is 9.80 Å². The van der Waals surface area contributed by atoms with E-state index in [1.165, 1.54) is 24.3 Å². The summed E-state index contributed by atoms with van der Waals surface area (Å²) in [6.07, 6.45) is 6.45. The van der Waals surface area contributed by atoms with Gasteiger partial charge in [0.25, 0.3) is 23.6 Å². The average Bonchev–Trinajstić information content (AvgIpc) is 3.32. The van der Waals surface area contributed by atoms with Gasteiger partial charge >= 0.3 is 0 Å². The van der Waals surface area contributed by atoms with Crippen molar-refractivity contribution in [2.45, 2.75) is 25.9 Å². The molecule has 0 fully saturated rings. The highest BCUT2D eigenvalue weighted by Crippen LogP contribution is 2.24. The van der Waals surface area contributed by atoms with Gasteiger partial charge in [0.1, 0.15) is 11.5 Å². The molecule has 0 aliphatic carbocycles. The largest absolute Gasteiger partial charge is 0.494 e. The maximum atomic E-state index is 11.7. The number of hydrogen-bond acceptors (Lipinski definition) is 6. The van der Waals surface area contributed by atoms with Crippen LogP contribution in [0, 0.1) is 0 Å². The number of imide groups is 2. The minimum absolute atomic E-state index is 0.0572. The molecule has 33 heavy (non-hydrogen) atoms. The van der Waals surface area contributed by atoms with Gasteiger partial charge in [-0.1, -0.05) is 0 Å². The number of nitrogens with zero attached hydrogens (tertiary/aromatic N) is 2. The van der Waals surface area contributed by atoms with Gasteiger partial charge in [0.2, 0.25) is 0 Å². The summed E-state index contributed by atoms with van der Waals surface area (Å²) in [6.45, 7) is 2.44. The molecule has 0 bridgehead atoms. The second-order valence-electron chi connectivity index (χ2n) is 7.60. The quantitative estimate of drug-likeness (QED) is 0.434. The summed E-state index contributed by atoms with van der Waals surface area (Å²) >= 11 is 0. The number of anilines is 2. The SMILES string of the molecule is CC(CCCOc1ccc(N2C(=O)C=CC2=O)cc1)Oc1ccc(N2C(=O)C=CC2=O)cc1. The number of hydrogen-bond donors (Lipinski definition) is 0. The highest BCUT2D eigenvalue weighted by Gasteiger charge is 2.25. The fourth-order valence-electron chi connectivity index (χ4n) is 3.53. The van der Waals surface area contributed by atoms with E-state index in [9.17, 15) is 19.2 Å². The van der Waals surface area contributed by atoms with Crippen LogP contribution in [0.25, 0.3) is 0 Å². The lowest BCUT2D eigenvalue weighted by molar-refractivity contribution is -0.121. The zero-order valence-corrected chi connectivity index (χ0v) is 18.0. The lowest BCUT2D eigenvalue weighted by Crippen LogP contribution is -2.29. The zero-order valence-electron chi connectivity index (χ0n) is 18.0. The summed E-state index contributed by atoms with van der Waals surface area (Å²) in [5.41, 5.74) is 1.01. The average molecular weight is 446 g/mol. The van der Waals surface area contributed by atoms with Crippen LogP contribution in [0.5, 0.6) is 11.5 Å². The fourth-order valence-corrected chi connectivity index (χ4v) is 3.53. The van der Waals surface area contributed by atoms with Gasteiger partial charge in [0.15, 0.2) is 0 Å². The van der Waals surface area contributed by atoms with E-state index in [2.05, 4.69) is 0 Å². The van der Waals surface area contributed by atoms with Crippen molar-refractivity contribution in [3.05, 3.63) is 72.8 Å². The molecule has 2 aromatic carbocycles. The highest BCUT2D eigenvalue weighted by atomic mass is 16.5. The predicted octanol–water partition coefficient (Wildman–Crippen LogP) is 3.17. The zero-order chi connectivity index (χ0) is 23.4. The molecule has 2 heterocycles. The highest BCUT2D eigenvalue weighted by molar-refractivity contribution is 6.28. The Kier molecular flexibility index (Phi) is 6.35. The fraction of sp³-hybridized carbons (Fsp3) is 0.200. The Bertz CT molecular complexity index is 1100. The summed E-state index contributed by atoms with van der Waals surface area (Å²) in [6, 6.07) is 13.6. The molecule has 2 aliphatic rings. The number of rotatable bonds is 9. The third kappa shape index (κ3) is 5.01. The molecule has 8 nitrogen and oxygen atoms in total. The van der Waals surface area contributed by atoms with Crippen LogP contribution in [0.2, 0.25) is 0 Å². The molecular weight excluding hydrogens is 424 g/mol. The Morgan fingerprint density at radius 2 is 1.09 bits per heavy atom. The topological polar surface area (TPSA) is 93.2 Å². The lowest BCUT2D eigenvalue weighted by Gasteiger charge is -2.17. The van der Waals surface area contributed by atoms with Crippen molar-refractivity contribution in [1.82, 2.24) is 0 Å². The molecule has 168 valence electrons. The first kappa shape index (κ1) is 22.0. The van der Waals surface area contributed by atoms with Gasteiger partial charge in [-0.2, -0.15) is 0 Å². The molecule has 8 heteroatoms.